The number of nitrogens with zero attached hydrogens (tertiary/aromatic N) is 2. The van der Waals surface area contributed by atoms with Gasteiger partial charge in [0.1, 0.15) is 17.4 Å². The van der Waals surface area contributed by atoms with E-state index in [-0.39, 0.29) is 17.5 Å². The number of aryl methyl sites for hydroxylation is 1. The molecule has 25 heavy (non-hydrogen) atoms. The molecule has 1 aromatic carbocycles. The largest absolute Gasteiger partial charge is 0.497 e. The first kappa shape index (κ1) is 17.4. The van der Waals surface area contributed by atoms with Gasteiger partial charge < -0.3 is 19.4 Å². The molecule has 1 aliphatic rings. The number of rotatable bonds is 5. The van der Waals surface area contributed by atoms with Gasteiger partial charge in [-0.3, -0.25) is 4.79 Å². The lowest BCUT2D eigenvalue weighted by atomic mass is 9.90. The number of methoxy groups -OCH3 is 1. The highest BCUT2D eigenvalue weighted by molar-refractivity contribution is 5.94. The topological polar surface area (TPSA) is 65.4 Å². The summed E-state index contributed by atoms with van der Waals surface area (Å²) in [5.41, 5.74) is -0.00734. The number of carbonyl (C=O) groups excluding carboxylic acids is 1. The number of nitrogens with one attached hydrogen (secondary N) is 1. The van der Waals surface area contributed by atoms with E-state index in [9.17, 15) is 9.18 Å². The maximum Gasteiger partial charge on any atom is 0.254 e. The molecular weight excluding hydrogens is 325 g/mol. The smallest absolute Gasteiger partial charge is 0.254 e. The third-order valence-corrected chi connectivity index (χ3v) is 4.58. The van der Waals surface area contributed by atoms with E-state index >= 15 is 0 Å². The maximum absolute atomic E-state index is 14.2. The van der Waals surface area contributed by atoms with Gasteiger partial charge >= 0.3 is 0 Å². The molecule has 0 bridgehead atoms. The number of imidazole rings is 1. The molecule has 1 amide bonds. The van der Waals surface area contributed by atoms with E-state index in [1.165, 1.54) is 19.2 Å². The van der Waals surface area contributed by atoms with Gasteiger partial charge in [-0.05, 0) is 30.9 Å². The summed E-state index contributed by atoms with van der Waals surface area (Å²) in [5.74, 6) is 0.260. The molecule has 6 nitrogen and oxygen atoms in total. The average molecular weight is 347 g/mol. The maximum atomic E-state index is 14.2. The monoisotopic (exact) mass is 347 g/mol. The lowest BCUT2D eigenvalue weighted by Crippen LogP contribution is -2.37. The van der Waals surface area contributed by atoms with Gasteiger partial charge in [0, 0.05) is 38.7 Å². The van der Waals surface area contributed by atoms with Crippen LogP contribution < -0.4 is 10.1 Å². The molecular formula is C18H22FN3O3. The van der Waals surface area contributed by atoms with Gasteiger partial charge in [0.05, 0.1) is 18.7 Å². The summed E-state index contributed by atoms with van der Waals surface area (Å²) in [4.78, 5) is 17.0. The van der Waals surface area contributed by atoms with Crippen molar-refractivity contribution in [3.63, 3.8) is 0 Å². The fourth-order valence-electron chi connectivity index (χ4n) is 3.15. The van der Waals surface area contributed by atoms with Crippen LogP contribution in [-0.2, 0) is 11.8 Å². The molecule has 1 atom stereocenters. The van der Waals surface area contributed by atoms with Gasteiger partial charge in [-0.2, -0.15) is 0 Å². The highest BCUT2D eigenvalue weighted by atomic mass is 19.1. The predicted molar refractivity (Wildman–Crippen MR) is 89.9 cm³/mol. The molecule has 1 fully saturated rings. The second kappa shape index (κ2) is 7.65. The van der Waals surface area contributed by atoms with Gasteiger partial charge in [-0.25, -0.2) is 9.37 Å². The van der Waals surface area contributed by atoms with Crippen molar-refractivity contribution in [1.29, 1.82) is 0 Å². The highest BCUT2D eigenvalue weighted by Gasteiger charge is 2.30. The van der Waals surface area contributed by atoms with Gasteiger partial charge in [0.2, 0.25) is 0 Å². The van der Waals surface area contributed by atoms with Gasteiger partial charge in [-0.15, -0.1) is 0 Å². The standard InChI is InChI=1S/C18H22FN3O3/c1-22-8-7-20-17(22)16(12-5-9-25-10-6-12)21-18(23)14-4-3-13(24-2)11-15(14)19/h3-4,7-8,11-12,16H,5-6,9-10H2,1-2H3,(H,21,23)/t16-/m1/s1. The minimum Gasteiger partial charge on any atom is -0.497 e. The van der Waals surface area contributed by atoms with Crippen LogP contribution in [0.25, 0.3) is 0 Å². The number of aromatic nitrogens is 2. The van der Waals surface area contributed by atoms with Gasteiger partial charge in [-0.1, -0.05) is 0 Å². The second-order valence-electron chi connectivity index (χ2n) is 6.14. The lowest BCUT2D eigenvalue weighted by molar-refractivity contribution is 0.0498. The normalized spacial score (nSPS) is 16.4. The van der Waals surface area contributed by atoms with E-state index < -0.39 is 11.7 Å². The lowest BCUT2D eigenvalue weighted by Gasteiger charge is -2.30. The first-order valence-corrected chi connectivity index (χ1v) is 8.29. The summed E-state index contributed by atoms with van der Waals surface area (Å²) in [7, 11) is 3.34. The Balaban J connectivity index is 1.84. The summed E-state index contributed by atoms with van der Waals surface area (Å²) < 4.78 is 26.5. The van der Waals surface area contributed by atoms with E-state index in [2.05, 4.69) is 10.3 Å². The quantitative estimate of drug-likeness (QED) is 0.902. The minimum absolute atomic E-state index is 0.00734. The summed E-state index contributed by atoms with van der Waals surface area (Å²) in [6.07, 6.45) is 5.18. The zero-order valence-corrected chi connectivity index (χ0v) is 14.4. The molecule has 0 saturated carbocycles. The van der Waals surface area contributed by atoms with Crippen LogP contribution in [0.4, 0.5) is 4.39 Å². The number of ether oxygens (including phenoxy) is 2. The highest BCUT2D eigenvalue weighted by Crippen LogP contribution is 2.29. The third-order valence-electron chi connectivity index (χ3n) is 4.58. The zero-order valence-electron chi connectivity index (χ0n) is 14.4. The summed E-state index contributed by atoms with van der Waals surface area (Å²) in [5, 5.41) is 2.97. The Hall–Kier alpha value is -2.41. The van der Waals surface area contributed by atoms with E-state index in [0.29, 0.717) is 19.0 Å². The molecule has 0 spiro atoms. The van der Waals surface area contributed by atoms with E-state index in [1.54, 1.807) is 12.3 Å². The van der Waals surface area contributed by atoms with Crippen molar-refractivity contribution in [3.8, 4) is 5.75 Å². The van der Waals surface area contributed by atoms with Crippen LogP contribution in [0.2, 0.25) is 0 Å². The zero-order chi connectivity index (χ0) is 17.8. The Bertz CT molecular complexity index is 741. The van der Waals surface area contributed by atoms with Crippen molar-refractivity contribution in [1.82, 2.24) is 14.9 Å². The molecule has 134 valence electrons. The molecule has 1 aliphatic heterocycles. The van der Waals surface area contributed by atoms with E-state index in [4.69, 9.17) is 9.47 Å². The van der Waals surface area contributed by atoms with E-state index in [1.807, 2.05) is 17.8 Å². The van der Waals surface area contributed by atoms with Crippen LogP contribution in [0.15, 0.2) is 30.6 Å². The number of carbonyl (C=O) groups is 1. The molecule has 0 unspecified atom stereocenters. The fourth-order valence-corrected chi connectivity index (χ4v) is 3.15. The Labute approximate surface area is 146 Å². The number of benzene rings is 1. The molecule has 2 heterocycles. The fraction of sp³-hybridized carbons (Fsp3) is 0.444. The van der Waals surface area contributed by atoms with Crippen LogP contribution in [-0.4, -0.2) is 35.8 Å². The van der Waals surface area contributed by atoms with Gasteiger partial charge in [0.15, 0.2) is 0 Å². The third kappa shape index (κ3) is 3.82. The molecule has 1 aromatic heterocycles. The second-order valence-corrected chi connectivity index (χ2v) is 6.14. The van der Waals surface area contributed by atoms with Crippen LogP contribution in [0.3, 0.4) is 0 Å². The van der Waals surface area contributed by atoms with Crippen LogP contribution in [0.1, 0.15) is 35.1 Å². The van der Waals surface area contributed by atoms with Crippen molar-refractivity contribution in [2.45, 2.75) is 18.9 Å². The first-order valence-electron chi connectivity index (χ1n) is 8.29. The Morgan fingerprint density at radius 3 is 2.80 bits per heavy atom. The van der Waals surface area contributed by atoms with Crippen molar-refractivity contribution >= 4 is 5.91 Å². The number of halogens is 1. The van der Waals surface area contributed by atoms with Crippen molar-refractivity contribution < 1.29 is 18.7 Å². The SMILES string of the molecule is COc1ccc(C(=O)N[C@@H](c2nccn2C)C2CCOCC2)c(F)c1. The van der Waals surface area contributed by atoms with Crippen molar-refractivity contribution in [3.05, 3.63) is 47.8 Å². The average Bonchev–Trinajstić information content (AvgIpc) is 3.05. The van der Waals surface area contributed by atoms with Crippen molar-refractivity contribution in [2.24, 2.45) is 13.0 Å². The van der Waals surface area contributed by atoms with Crippen LogP contribution >= 0.6 is 0 Å². The number of hydrogen-bond donors (Lipinski definition) is 1. The molecule has 1 saturated heterocycles. The van der Waals surface area contributed by atoms with Crippen LogP contribution in [0.5, 0.6) is 5.75 Å². The molecule has 7 heteroatoms. The first-order chi connectivity index (χ1) is 12.1. The minimum atomic E-state index is -0.609. The molecule has 0 aliphatic carbocycles. The Kier molecular flexibility index (Phi) is 5.33. The summed E-state index contributed by atoms with van der Waals surface area (Å²) in [6, 6.07) is 3.92. The molecule has 0 radical (unpaired) electrons. The molecule has 2 aromatic rings. The van der Waals surface area contributed by atoms with Crippen molar-refractivity contribution in [2.75, 3.05) is 20.3 Å². The van der Waals surface area contributed by atoms with E-state index in [0.717, 1.165) is 18.7 Å². The predicted octanol–water partition coefficient (Wildman–Crippen LogP) is 2.47. The summed E-state index contributed by atoms with van der Waals surface area (Å²) in [6.45, 7) is 1.30. The van der Waals surface area contributed by atoms with Gasteiger partial charge in [0.25, 0.3) is 5.91 Å². The number of hydrogen-bond acceptors (Lipinski definition) is 4. The molecule has 1 N–H and O–H groups in total. The number of amides is 1. The summed E-state index contributed by atoms with van der Waals surface area (Å²) >= 11 is 0. The molecule has 3 rings (SSSR count). The van der Waals surface area contributed by atoms with Crippen LogP contribution in [0, 0.1) is 11.7 Å². The Morgan fingerprint density at radius 2 is 2.20 bits per heavy atom. The Morgan fingerprint density at radius 1 is 1.44 bits per heavy atom.